The molecule has 0 aromatic heterocycles. The van der Waals surface area contributed by atoms with Crippen LogP contribution in [0.5, 0.6) is 0 Å². The summed E-state index contributed by atoms with van der Waals surface area (Å²) in [6, 6.07) is 31.8. The van der Waals surface area contributed by atoms with E-state index in [1.807, 2.05) is 18.2 Å². The highest BCUT2D eigenvalue weighted by Gasteiger charge is 2.45. The van der Waals surface area contributed by atoms with Gasteiger partial charge in [0.05, 0.1) is 6.61 Å². The van der Waals surface area contributed by atoms with Crippen LogP contribution in [0.3, 0.4) is 0 Å². The number of benzene rings is 3. The molecule has 0 aliphatic rings. The molecule has 3 nitrogen and oxygen atoms in total. The van der Waals surface area contributed by atoms with E-state index >= 15 is 0 Å². The van der Waals surface area contributed by atoms with Crippen LogP contribution in [0.1, 0.15) is 13.3 Å². The maximum absolute atomic E-state index is 11.7. The van der Waals surface area contributed by atoms with E-state index in [1.165, 1.54) is 15.6 Å². The minimum absolute atomic E-state index is 0.333. The van der Waals surface area contributed by atoms with Crippen molar-refractivity contribution in [2.45, 2.75) is 13.3 Å². The molecule has 0 spiro atoms. The first-order valence-electron chi connectivity index (χ1n) is 10.8. The lowest BCUT2D eigenvalue weighted by atomic mass is 10.3. The number of rotatable bonds is 10. The van der Waals surface area contributed by atoms with Crippen molar-refractivity contribution in [2.24, 2.45) is 0 Å². The van der Waals surface area contributed by atoms with Crippen LogP contribution in [0.2, 0.25) is 0 Å². The second kappa shape index (κ2) is 10.8. The Morgan fingerprint density at radius 2 is 1.22 bits per heavy atom. The molecule has 0 heterocycles. The summed E-state index contributed by atoms with van der Waals surface area (Å²) < 4.78 is 12.6. The van der Waals surface area contributed by atoms with Crippen molar-refractivity contribution in [3.63, 3.8) is 0 Å². The molecule has 0 atom stereocenters. The Morgan fingerprint density at radius 1 is 0.812 bits per heavy atom. The van der Waals surface area contributed by atoms with Gasteiger partial charge in [0.1, 0.15) is 0 Å². The molecule has 3 aromatic rings. The summed E-state index contributed by atoms with van der Waals surface area (Å²) in [5.74, 6) is 0.512. The van der Waals surface area contributed by atoms with Crippen molar-refractivity contribution in [1.82, 2.24) is 0 Å². The van der Waals surface area contributed by atoms with E-state index in [0.29, 0.717) is 12.2 Å². The van der Waals surface area contributed by atoms with E-state index in [1.54, 1.807) is 6.92 Å². The zero-order valence-electron chi connectivity index (χ0n) is 19.1. The molecule has 0 radical (unpaired) electrons. The maximum atomic E-state index is 11.7. The number of hydrogen-bond acceptors (Lipinski definition) is 3. The number of esters is 1. The van der Waals surface area contributed by atoms with E-state index in [2.05, 4.69) is 91.9 Å². The van der Waals surface area contributed by atoms with Gasteiger partial charge in [-0.15, -0.1) is 0 Å². The quantitative estimate of drug-likeness (QED) is 0.149. The van der Waals surface area contributed by atoms with Gasteiger partial charge in [-0.1, -0.05) is 97.6 Å². The Bertz CT molecular complexity index is 924. The Morgan fingerprint density at radius 3 is 1.59 bits per heavy atom. The number of carbonyl (C=O) groups excluding carboxylic acids is 1. The summed E-state index contributed by atoms with van der Waals surface area (Å²) in [5, 5.41) is 3.69. The first-order chi connectivity index (χ1) is 15.3. The van der Waals surface area contributed by atoms with Gasteiger partial charge >= 0.3 is 14.3 Å². The minimum atomic E-state index is -2.74. The van der Waals surface area contributed by atoms with Crippen molar-refractivity contribution in [3.8, 4) is 0 Å². The van der Waals surface area contributed by atoms with Gasteiger partial charge in [-0.2, -0.15) is 10.3 Å². The third-order valence-electron chi connectivity index (χ3n) is 5.25. The van der Waals surface area contributed by atoms with Gasteiger partial charge in [-0.3, -0.25) is 0 Å². The summed E-state index contributed by atoms with van der Waals surface area (Å²) in [6.07, 6.45) is 5.18. The normalized spacial score (nSPS) is 12.2. The molecule has 3 rings (SSSR count). The second-order valence-electron chi connectivity index (χ2n) is 8.27. The average Bonchev–Trinajstić information content (AvgIpc) is 2.82. The Hall–Kier alpha value is -2.60. The van der Waals surface area contributed by atoms with E-state index in [4.69, 9.17) is 8.61 Å². The molecule has 0 saturated carbocycles. The highest BCUT2D eigenvalue weighted by molar-refractivity contribution is 8.29. The van der Waals surface area contributed by atoms with Gasteiger partial charge in [-0.25, -0.2) is 4.79 Å². The molecule has 5 heteroatoms. The topological polar surface area (TPSA) is 35.5 Å². The molecule has 32 heavy (non-hydrogen) atoms. The Labute approximate surface area is 194 Å². The largest absolute Gasteiger partial charge is 0.462 e. The number of hydrogen-bond donors (Lipinski definition) is 0. The summed E-state index contributed by atoms with van der Waals surface area (Å²) >= 11 is 0. The van der Waals surface area contributed by atoms with Crippen molar-refractivity contribution < 1.29 is 13.4 Å². The third kappa shape index (κ3) is 5.79. The average molecular weight is 465 g/mol. The predicted molar refractivity (Wildman–Crippen MR) is 140 cm³/mol. The van der Waals surface area contributed by atoms with Crippen LogP contribution < -0.4 is 15.6 Å². The summed E-state index contributed by atoms with van der Waals surface area (Å²) in [6.45, 7) is 5.69. The van der Waals surface area contributed by atoms with Gasteiger partial charge in [0.2, 0.25) is 0 Å². The van der Waals surface area contributed by atoms with Gasteiger partial charge in [0.15, 0.2) is 0 Å². The molecule has 0 N–H and O–H groups in total. The molecule has 0 aliphatic carbocycles. The van der Waals surface area contributed by atoms with Gasteiger partial charge in [-0.05, 0) is 41.4 Å². The highest BCUT2D eigenvalue weighted by atomic mass is 32.3. The fourth-order valence-corrected chi connectivity index (χ4v) is 11.7. The standard InChI is InChI=1S/C27H32O3SSi/c1-23(2)27(28)29-21-14-22-31(3,4)30-32(24-15-8-5-9-16-24,25-17-10-6-11-18-25)26-19-12-7-13-20-26/h5-13,15-20H,1,14,21-22H2,2-4H3. The summed E-state index contributed by atoms with van der Waals surface area (Å²) in [5.41, 5.74) is 0.427. The van der Waals surface area contributed by atoms with Crippen LogP contribution >= 0.6 is 10.3 Å². The van der Waals surface area contributed by atoms with E-state index in [-0.39, 0.29) is 5.97 Å². The molecule has 168 valence electrons. The lowest BCUT2D eigenvalue weighted by Crippen LogP contribution is -2.69. The van der Waals surface area contributed by atoms with Gasteiger partial charge in [0.25, 0.3) is 0 Å². The third-order valence-corrected chi connectivity index (χ3v) is 12.8. The molecule has 3 aromatic carbocycles. The van der Waals surface area contributed by atoms with Crippen molar-refractivity contribution in [1.29, 1.82) is 0 Å². The van der Waals surface area contributed by atoms with E-state index in [9.17, 15) is 4.79 Å². The van der Waals surface area contributed by atoms with E-state index < -0.39 is 18.6 Å². The number of ether oxygens (including phenoxy) is 1. The fraction of sp³-hybridized carbons (Fsp3) is 0.222. The molecule has 0 amide bonds. The lowest BCUT2D eigenvalue weighted by Gasteiger charge is -2.43. The molecule has 0 fully saturated rings. The Balaban J connectivity index is 1.97. The SMILES string of the molecule is C=C(C)C(=O)OCCCS(C)(C)O[Si](c1ccccc1)(c1ccccc1)c1ccccc1. The van der Waals surface area contributed by atoms with Crippen molar-refractivity contribution >= 4 is 40.2 Å². The maximum Gasteiger partial charge on any atom is 0.333 e. The summed E-state index contributed by atoms with van der Waals surface area (Å²) in [4.78, 5) is 11.7. The molecule has 0 saturated heterocycles. The highest BCUT2D eigenvalue weighted by Crippen LogP contribution is 2.44. The predicted octanol–water partition coefficient (Wildman–Crippen LogP) is 4.16. The molecular formula is C27H32O3SSi. The molecule has 0 aliphatic heterocycles. The zero-order valence-corrected chi connectivity index (χ0v) is 20.9. The summed E-state index contributed by atoms with van der Waals surface area (Å²) in [7, 11) is -4.20. The van der Waals surface area contributed by atoms with E-state index in [0.717, 1.165) is 12.2 Å². The zero-order chi connectivity index (χ0) is 23.0. The van der Waals surface area contributed by atoms with Crippen molar-refractivity contribution in [3.05, 3.63) is 103 Å². The van der Waals surface area contributed by atoms with Crippen LogP contribution in [0.15, 0.2) is 103 Å². The smallest absolute Gasteiger partial charge is 0.333 e. The van der Waals surface area contributed by atoms with Crippen LogP contribution in [-0.4, -0.2) is 39.2 Å². The van der Waals surface area contributed by atoms with Crippen LogP contribution in [0.25, 0.3) is 0 Å². The minimum Gasteiger partial charge on any atom is -0.462 e. The van der Waals surface area contributed by atoms with Crippen LogP contribution in [0, 0.1) is 0 Å². The molecule has 0 bridgehead atoms. The second-order valence-corrected chi connectivity index (χ2v) is 15.3. The number of carbonyl (C=O) groups is 1. The fourth-order valence-electron chi connectivity index (χ4n) is 3.74. The van der Waals surface area contributed by atoms with Crippen molar-refractivity contribution in [2.75, 3.05) is 24.9 Å². The van der Waals surface area contributed by atoms with Gasteiger partial charge in [0, 0.05) is 11.3 Å². The molecular weight excluding hydrogens is 432 g/mol. The molecule has 0 unspecified atom stereocenters. The van der Waals surface area contributed by atoms with Crippen LogP contribution in [-0.2, 0) is 13.4 Å². The lowest BCUT2D eigenvalue weighted by molar-refractivity contribution is -0.138. The first kappa shape index (κ1) is 24.0. The van der Waals surface area contributed by atoms with Gasteiger partial charge < -0.3 is 8.61 Å². The monoisotopic (exact) mass is 464 g/mol. The first-order valence-corrected chi connectivity index (χ1v) is 15.2. The Kier molecular flexibility index (Phi) is 8.13. The van der Waals surface area contributed by atoms with Crippen LogP contribution in [0.4, 0.5) is 0 Å².